The van der Waals surface area contributed by atoms with Gasteiger partial charge >= 0.3 is 0 Å². The second-order valence-electron chi connectivity index (χ2n) is 3.88. The monoisotopic (exact) mass is 283 g/mol. The van der Waals surface area contributed by atoms with Crippen LogP contribution in [0, 0.1) is 15.9 Å². The van der Waals surface area contributed by atoms with Crippen molar-refractivity contribution in [2.24, 2.45) is 0 Å². The van der Waals surface area contributed by atoms with Crippen LogP contribution in [0.3, 0.4) is 0 Å². The van der Waals surface area contributed by atoms with E-state index in [0.29, 0.717) is 6.54 Å². The molecule has 0 spiro atoms. The number of carbonyl (C=O) groups excluding carboxylic acids is 2. The smallest absolute Gasteiger partial charge is 0.270 e. The quantitative estimate of drug-likeness (QED) is 0.600. The van der Waals surface area contributed by atoms with E-state index in [1.807, 2.05) is 0 Å². The Morgan fingerprint density at radius 2 is 2.05 bits per heavy atom. The van der Waals surface area contributed by atoms with E-state index in [2.05, 4.69) is 10.6 Å². The van der Waals surface area contributed by atoms with Gasteiger partial charge < -0.3 is 10.6 Å². The molecule has 0 saturated heterocycles. The Labute approximate surface area is 114 Å². The number of hydrogen-bond acceptors (Lipinski definition) is 4. The summed E-state index contributed by atoms with van der Waals surface area (Å²) in [5, 5.41) is 15.4. The molecule has 0 unspecified atom stereocenters. The Morgan fingerprint density at radius 3 is 2.65 bits per heavy atom. The van der Waals surface area contributed by atoms with Gasteiger partial charge in [0.2, 0.25) is 5.91 Å². The lowest BCUT2D eigenvalue weighted by atomic mass is 10.1. The molecule has 0 heterocycles. The number of benzene rings is 1. The van der Waals surface area contributed by atoms with E-state index < -0.39 is 22.2 Å². The summed E-state index contributed by atoms with van der Waals surface area (Å²) in [6.45, 7) is 2.26. The Kier molecular flexibility index (Phi) is 5.57. The molecule has 0 saturated carbocycles. The first kappa shape index (κ1) is 15.5. The molecule has 2 amide bonds. The number of amides is 2. The van der Waals surface area contributed by atoms with E-state index >= 15 is 0 Å². The van der Waals surface area contributed by atoms with Gasteiger partial charge in [-0.3, -0.25) is 19.7 Å². The molecule has 0 aliphatic rings. The van der Waals surface area contributed by atoms with Crippen LogP contribution >= 0.6 is 0 Å². The number of rotatable bonds is 6. The summed E-state index contributed by atoms with van der Waals surface area (Å²) in [5.74, 6) is -1.89. The summed E-state index contributed by atoms with van der Waals surface area (Å²) in [7, 11) is 0. The molecule has 7 nitrogen and oxygen atoms in total. The molecule has 1 rings (SSSR count). The third kappa shape index (κ3) is 4.30. The average Bonchev–Trinajstić information content (AvgIpc) is 2.39. The van der Waals surface area contributed by atoms with Gasteiger partial charge in [0.25, 0.3) is 11.6 Å². The molecule has 20 heavy (non-hydrogen) atoms. The molecule has 8 heteroatoms. The van der Waals surface area contributed by atoms with Crippen molar-refractivity contribution >= 4 is 17.5 Å². The van der Waals surface area contributed by atoms with Gasteiger partial charge in [0, 0.05) is 31.6 Å². The highest BCUT2D eigenvalue weighted by atomic mass is 19.1. The summed E-state index contributed by atoms with van der Waals surface area (Å²) in [5.41, 5.74) is -0.796. The number of carbonyl (C=O) groups is 2. The zero-order chi connectivity index (χ0) is 15.1. The predicted octanol–water partition coefficient (Wildman–Crippen LogP) is 0.990. The minimum atomic E-state index is -0.855. The largest absolute Gasteiger partial charge is 0.356 e. The summed E-state index contributed by atoms with van der Waals surface area (Å²) in [6, 6.07) is 2.69. The second-order valence-corrected chi connectivity index (χ2v) is 3.88. The molecule has 0 aliphatic carbocycles. The Morgan fingerprint density at radius 1 is 1.35 bits per heavy atom. The summed E-state index contributed by atoms with van der Waals surface area (Å²) in [4.78, 5) is 32.7. The van der Waals surface area contributed by atoms with E-state index in [-0.39, 0.29) is 24.6 Å². The lowest BCUT2D eigenvalue weighted by molar-refractivity contribution is -0.384. The fourth-order valence-corrected chi connectivity index (χ4v) is 1.47. The molecule has 1 aromatic carbocycles. The van der Waals surface area contributed by atoms with E-state index in [0.717, 1.165) is 18.2 Å². The van der Waals surface area contributed by atoms with Crippen molar-refractivity contribution in [1.82, 2.24) is 10.6 Å². The first-order valence-corrected chi connectivity index (χ1v) is 5.94. The Hall–Kier alpha value is -2.51. The Bertz CT molecular complexity index is 533. The summed E-state index contributed by atoms with van der Waals surface area (Å²) >= 11 is 0. The van der Waals surface area contributed by atoms with Crippen LogP contribution in [0.1, 0.15) is 23.7 Å². The average molecular weight is 283 g/mol. The van der Waals surface area contributed by atoms with Gasteiger partial charge in [0.15, 0.2) is 0 Å². The molecule has 0 aromatic heterocycles. The van der Waals surface area contributed by atoms with E-state index in [9.17, 15) is 24.1 Å². The van der Waals surface area contributed by atoms with E-state index in [1.165, 1.54) is 0 Å². The lowest BCUT2D eigenvalue weighted by Gasteiger charge is -2.06. The number of hydrogen-bond donors (Lipinski definition) is 2. The first-order valence-electron chi connectivity index (χ1n) is 5.94. The van der Waals surface area contributed by atoms with Gasteiger partial charge in [-0.2, -0.15) is 0 Å². The molecule has 0 radical (unpaired) electrons. The third-order valence-electron chi connectivity index (χ3n) is 2.42. The van der Waals surface area contributed by atoms with Crippen molar-refractivity contribution in [1.29, 1.82) is 0 Å². The van der Waals surface area contributed by atoms with Crippen molar-refractivity contribution in [2.75, 3.05) is 13.1 Å². The van der Waals surface area contributed by atoms with Gasteiger partial charge in [-0.25, -0.2) is 4.39 Å². The van der Waals surface area contributed by atoms with Gasteiger partial charge in [-0.05, 0) is 13.0 Å². The molecule has 1 aromatic rings. The van der Waals surface area contributed by atoms with Crippen molar-refractivity contribution in [2.45, 2.75) is 13.3 Å². The maximum atomic E-state index is 13.4. The maximum absolute atomic E-state index is 13.4. The van der Waals surface area contributed by atoms with Gasteiger partial charge in [-0.15, -0.1) is 0 Å². The molecule has 2 N–H and O–H groups in total. The van der Waals surface area contributed by atoms with Gasteiger partial charge in [0.1, 0.15) is 5.82 Å². The van der Waals surface area contributed by atoms with Crippen molar-refractivity contribution in [3.8, 4) is 0 Å². The molecule has 0 atom stereocenters. The van der Waals surface area contributed by atoms with Crippen LogP contribution in [0.2, 0.25) is 0 Å². The second kappa shape index (κ2) is 7.17. The number of non-ortho nitro benzene ring substituents is 1. The molecular weight excluding hydrogens is 269 g/mol. The number of nitrogens with zero attached hydrogens (tertiary/aromatic N) is 1. The highest BCUT2D eigenvalue weighted by Crippen LogP contribution is 2.16. The van der Waals surface area contributed by atoms with Crippen molar-refractivity contribution in [3.63, 3.8) is 0 Å². The number of nitro benzene ring substituents is 1. The third-order valence-corrected chi connectivity index (χ3v) is 2.42. The van der Waals surface area contributed by atoms with Crippen molar-refractivity contribution in [3.05, 3.63) is 39.7 Å². The summed E-state index contributed by atoms with van der Waals surface area (Å²) < 4.78 is 13.4. The molecule has 0 bridgehead atoms. The van der Waals surface area contributed by atoms with Gasteiger partial charge in [-0.1, -0.05) is 0 Å². The van der Waals surface area contributed by atoms with Crippen molar-refractivity contribution < 1.29 is 18.9 Å². The van der Waals surface area contributed by atoms with Crippen LogP contribution < -0.4 is 10.6 Å². The fraction of sp³-hybridized carbons (Fsp3) is 0.333. The Balaban J connectivity index is 2.65. The molecule has 0 fully saturated rings. The number of halogens is 1. The molecule has 0 aliphatic heterocycles. The molecule has 108 valence electrons. The number of nitrogens with one attached hydrogen (secondary N) is 2. The normalized spacial score (nSPS) is 9.90. The predicted molar refractivity (Wildman–Crippen MR) is 68.7 cm³/mol. The zero-order valence-corrected chi connectivity index (χ0v) is 10.8. The highest BCUT2D eigenvalue weighted by Gasteiger charge is 2.16. The fourth-order valence-electron chi connectivity index (χ4n) is 1.47. The van der Waals surface area contributed by atoms with Crippen LogP contribution in [0.15, 0.2) is 18.2 Å². The topological polar surface area (TPSA) is 101 Å². The standard InChI is InChI=1S/C12H14FN3O4/c1-2-14-11(17)5-6-15-12(18)9-7-8(16(19)20)3-4-10(9)13/h3-4,7H,2,5-6H2,1H3,(H,14,17)(H,15,18). The lowest BCUT2D eigenvalue weighted by Crippen LogP contribution is -2.31. The molecular formula is C12H14FN3O4. The van der Waals surface area contributed by atoms with Gasteiger partial charge in [0.05, 0.1) is 10.5 Å². The maximum Gasteiger partial charge on any atom is 0.270 e. The number of nitro groups is 1. The van der Waals surface area contributed by atoms with E-state index in [1.54, 1.807) is 6.92 Å². The van der Waals surface area contributed by atoms with Crippen LogP contribution in [0.4, 0.5) is 10.1 Å². The van der Waals surface area contributed by atoms with Crippen LogP contribution in [-0.2, 0) is 4.79 Å². The zero-order valence-electron chi connectivity index (χ0n) is 10.8. The van der Waals surface area contributed by atoms with Crippen LogP contribution in [-0.4, -0.2) is 29.8 Å². The SMILES string of the molecule is CCNC(=O)CCNC(=O)c1cc([N+](=O)[O-])ccc1F. The van der Waals surface area contributed by atoms with E-state index in [4.69, 9.17) is 0 Å². The minimum Gasteiger partial charge on any atom is -0.356 e. The van der Waals surface area contributed by atoms with Crippen LogP contribution in [0.5, 0.6) is 0 Å². The highest BCUT2D eigenvalue weighted by molar-refractivity contribution is 5.95. The minimum absolute atomic E-state index is 0.0206. The van der Waals surface area contributed by atoms with Crippen LogP contribution in [0.25, 0.3) is 0 Å². The summed E-state index contributed by atoms with van der Waals surface area (Å²) in [6.07, 6.45) is 0.0517. The first-order chi connectivity index (χ1) is 9.45.